The molecular weight excluding hydrogens is 79.1 g/mol. The highest BCUT2D eigenvalue weighted by atomic mass is 19.1. The molecule has 0 atom stereocenters. The summed E-state index contributed by atoms with van der Waals surface area (Å²) in [7, 11) is 0. The van der Waals surface area contributed by atoms with E-state index in [2.05, 4.69) is 0 Å². The molecule has 0 aromatic rings. The third kappa shape index (κ3) is 0.814. The molecule has 34 valence electrons. The van der Waals surface area contributed by atoms with E-state index in [0.29, 0.717) is 0 Å². The van der Waals surface area contributed by atoms with E-state index < -0.39 is 0 Å². The predicted molar refractivity (Wildman–Crippen MR) is 23.3 cm³/mol. The van der Waals surface area contributed by atoms with E-state index in [0.717, 1.165) is 12.8 Å². The first-order chi connectivity index (χ1) is 2.93. The number of hydrogen-bond donors (Lipinski definition) is 0. The second kappa shape index (κ2) is 1.41. The van der Waals surface area contributed by atoms with Crippen LogP contribution < -0.4 is 0 Å². The number of hydrogen-bond acceptors (Lipinski definition) is 0. The lowest BCUT2D eigenvalue weighted by molar-refractivity contribution is 0.561. The van der Waals surface area contributed by atoms with Gasteiger partial charge in [0.25, 0.3) is 0 Å². The van der Waals surface area contributed by atoms with Gasteiger partial charge in [-0.25, -0.2) is 4.39 Å². The third-order valence-electron chi connectivity index (χ3n) is 0.905. The molecule has 0 radical (unpaired) electrons. The monoisotopic (exact) mass is 86.1 g/mol. The van der Waals surface area contributed by atoms with Gasteiger partial charge in [-0.15, -0.1) is 0 Å². The lowest BCUT2D eigenvalue weighted by atomic mass is 10.5. The van der Waals surface area contributed by atoms with Gasteiger partial charge in [-0.1, -0.05) is 11.6 Å². The molecule has 0 aliphatic heterocycles. The zero-order valence-electron chi connectivity index (χ0n) is 3.58. The Bertz CT molecular complexity index is 68.0. The molecule has 1 aliphatic carbocycles. The van der Waals surface area contributed by atoms with Crippen LogP contribution in [0.5, 0.6) is 0 Å². The summed E-state index contributed by atoms with van der Waals surface area (Å²) in [5, 5.41) is 0. The molecule has 0 amide bonds. The van der Waals surface area contributed by atoms with E-state index in [1.54, 1.807) is 6.08 Å². The van der Waals surface area contributed by atoms with Crippen LogP contribution in [-0.2, 0) is 0 Å². The normalized spacial score (nSPS) is 17.8. The Hall–Kier alpha value is -0.330. The van der Waals surface area contributed by atoms with E-state index in [1.165, 1.54) is 5.57 Å². The van der Waals surface area contributed by atoms with Crippen molar-refractivity contribution in [3.8, 4) is 0 Å². The van der Waals surface area contributed by atoms with Crippen LogP contribution in [0.25, 0.3) is 0 Å². The maximum absolute atomic E-state index is 11.2. The first kappa shape index (κ1) is 3.85. The van der Waals surface area contributed by atoms with Gasteiger partial charge in [0.05, 0.1) is 0 Å². The summed E-state index contributed by atoms with van der Waals surface area (Å²) in [5.41, 5.74) is 1.29. The smallest absolute Gasteiger partial charge is 0.108 e. The van der Waals surface area contributed by atoms with Crippen LogP contribution in [0.1, 0.15) is 12.8 Å². The molecule has 0 unspecified atom stereocenters. The van der Waals surface area contributed by atoms with Crippen molar-refractivity contribution in [2.24, 2.45) is 0 Å². The minimum absolute atomic E-state index is 0.269. The predicted octanol–water partition coefficient (Wildman–Crippen LogP) is 1.68. The second-order valence-electron chi connectivity index (χ2n) is 1.52. The van der Waals surface area contributed by atoms with Gasteiger partial charge in [-0.05, 0) is 12.8 Å². The van der Waals surface area contributed by atoms with E-state index in [1.807, 2.05) is 0 Å². The van der Waals surface area contributed by atoms with E-state index >= 15 is 0 Å². The molecule has 1 heteroatoms. The minimum atomic E-state index is -0.269. The summed E-state index contributed by atoms with van der Waals surface area (Å²) in [6.07, 6.45) is 3.94. The maximum Gasteiger partial charge on any atom is 0.108 e. The Balaban J connectivity index is 2.24. The molecule has 0 heterocycles. The summed E-state index contributed by atoms with van der Waals surface area (Å²) in [6, 6.07) is 0. The lowest BCUT2D eigenvalue weighted by Gasteiger charge is -1.64. The lowest BCUT2D eigenvalue weighted by Crippen LogP contribution is -1.55. The van der Waals surface area contributed by atoms with E-state index in [-0.39, 0.29) is 6.67 Å². The van der Waals surface area contributed by atoms with Crippen molar-refractivity contribution in [2.45, 2.75) is 12.8 Å². The molecule has 0 nitrogen and oxygen atoms in total. The van der Waals surface area contributed by atoms with Gasteiger partial charge in [0.1, 0.15) is 6.67 Å². The molecule has 0 aromatic heterocycles. The van der Waals surface area contributed by atoms with Crippen LogP contribution in [0.2, 0.25) is 0 Å². The van der Waals surface area contributed by atoms with Gasteiger partial charge in [-0.3, -0.25) is 0 Å². The maximum atomic E-state index is 11.2. The van der Waals surface area contributed by atoms with Crippen molar-refractivity contribution in [3.05, 3.63) is 11.6 Å². The quantitative estimate of drug-likeness (QED) is 0.426. The average molecular weight is 86.1 g/mol. The average Bonchev–Trinajstić information content (AvgIpc) is 2.21. The van der Waals surface area contributed by atoms with E-state index in [9.17, 15) is 4.39 Å². The summed E-state index contributed by atoms with van der Waals surface area (Å²) < 4.78 is 11.2. The zero-order chi connectivity index (χ0) is 4.41. The summed E-state index contributed by atoms with van der Waals surface area (Å²) in [5.74, 6) is 0. The molecule has 6 heavy (non-hydrogen) atoms. The van der Waals surface area contributed by atoms with Gasteiger partial charge >= 0.3 is 0 Å². The number of halogens is 1. The minimum Gasteiger partial charge on any atom is -0.247 e. The molecule has 1 rings (SSSR count). The highest BCUT2D eigenvalue weighted by molar-refractivity contribution is 5.15. The molecular formula is C5H7F. The van der Waals surface area contributed by atoms with Gasteiger partial charge < -0.3 is 0 Å². The second-order valence-corrected chi connectivity index (χ2v) is 1.52. The molecule has 0 saturated heterocycles. The Labute approximate surface area is 36.7 Å². The van der Waals surface area contributed by atoms with Gasteiger partial charge in [0, 0.05) is 0 Å². The molecule has 1 fully saturated rings. The highest BCUT2D eigenvalue weighted by Gasteiger charge is 2.08. The standard InChI is InChI=1S/C5H7F/c6-4-3-5-1-2-5/h3H,1-2,4H2. The SMILES string of the molecule is FCC=C1CC1. The Morgan fingerprint density at radius 3 is 2.50 bits per heavy atom. The highest BCUT2D eigenvalue weighted by Crippen LogP contribution is 2.26. The van der Waals surface area contributed by atoms with Crippen molar-refractivity contribution in [1.29, 1.82) is 0 Å². The van der Waals surface area contributed by atoms with Crippen LogP contribution in [-0.4, -0.2) is 6.67 Å². The third-order valence-corrected chi connectivity index (χ3v) is 0.905. The van der Waals surface area contributed by atoms with Crippen molar-refractivity contribution in [3.63, 3.8) is 0 Å². The number of rotatable bonds is 1. The molecule has 0 bridgehead atoms. The van der Waals surface area contributed by atoms with Crippen molar-refractivity contribution in [2.75, 3.05) is 6.67 Å². The molecule has 1 saturated carbocycles. The molecule has 0 aromatic carbocycles. The molecule has 0 N–H and O–H groups in total. The van der Waals surface area contributed by atoms with Gasteiger partial charge in [0.15, 0.2) is 0 Å². The first-order valence-corrected chi connectivity index (χ1v) is 2.17. The fraction of sp³-hybridized carbons (Fsp3) is 0.600. The van der Waals surface area contributed by atoms with Crippen LogP contribution in [0.4, 0.5) is 4.39 Å². The fourth-order valence-electron chi connectivity index (χ4n) is 0.385. The van der Waals surface area contributed by atoms with Crippen LogP contribution in [0.3, 0.4) is 0 Å². The first-order valence-electron chi connectivity index (χ1n) is 2.17. The van der Waals surface area contributed by atoms with Crippen molar-refractivity contribution >= 4 is 0 Å². The Morgan fingerprint density at radius 1 is 1.67 bits per heavy atom. The van der Waals surface area contributed by atoms with E-state index in [4.69, 9.17) is 0 Å². The Morgan fingerprint density at radius 2 is 2.33 bits per heavy atom. The summed E-state index contributed by atoms with van der Waals surface area (Å²) >= 11 is 0. The van der Waals surface area contributed by atoms with Crippen molar-refractivity contribution in [1.82, 2.24) is 0 Å². The fourth-order valence-corrected chi connectivity index (χ4v) is 0.385. The largest absolute Gasteiger partial charge is 0.247 e. The van der Waals surface area contributed by atoms with Crippen LogP contribution in [0.15, 0.2) is 11.6 Å². The molecule has 1 aliphatic rings. The van der Waals surface area contributed by atoms with Gasteiger partial charge in [0.2, 0.25) is 0 Å². The van der Waals surface area contributed by atoms with Gasteiger partial charge in [-0.2, -0.15) is 0 Å². The molecule has 0 spiro atoms. The summed E-state index contributed by atoms with van der Waals surface area (Å²) in [6.45, 7) is -0.269. The van der Waals surface area contributed by atoms with Crippen LogP contribution in [0, 0.1) is 0 Å². The Kier molecular flexibility index (Phi) is 0.906. The number of alkyl halides is 1. The topological polar surface area (TPSA) is 0 Å². The van der Waals surface area contributed by atoms with Crippen molar-refractivity contribution < 1.29 is 4.39 Å². The number of allylic oxidation sites excluding steroid dienone is 2. The zero-order valence-corrected chi connectivity index (χ0v) is 3.58. The van der Waals surface area contributed by atoms with Crippen LogP contribution >= 0.6 is 0 Å². The summed E-state index contributed by atoms with van der Waals surface area (Å²) in [4.78, 5) is 0.